The van der Waals surface area contributed by atoms with Crippen molar-refractivity contribution in [2.45, 2.75) is 64.3 Å². The molecule has 3 aliphatic rings. The summed E-state index contributed by atoms with van der Waals surface area (Å²) in [6.45, 7) is 2.45. The summed E-state index contributed by atoms with van der Waals surface area (Å²) in [7, 11) is 0. The van der Waals surface area contributed by atoms with Gasteiger partial charge in [-0.2, -0.15) is 0 Å². The molecule has 3 aromatic rings. The lowest BCUT2D eigenvalue weighted by Crippen LogP contribution is -2.36. The first-order chi connectivity index (χ1) is 21.3. The Morgan fingerprint density at radius 1 is 0.955 bits per heavy atom. The van der Waals surface area contributed by atoms with Gasteiger partial charge in [0, 0.05) is 11.3 Å². The molecule has 2 saturated carbocycles. The van der Waals surface area contributed by atoms with Crippen LogP contribution < -0.4 is 5.32 Å². The highest BCUT2D eigenvalue weighted by Gasteiger charge is 2.33. The van der Waals surface area contributed by atoms with Crippen molar-refractivity contribution in [3.05, 3.63) is 101 Å². The Hall–Kier alpha value is -4.66. The number of nitrogens with zero attached hydrogens (tertiary/aromatic N) is 2. The van der Waals surface area contributed by atoms with Crippen LogP contribution in [-0.4, -0.2) is 45.7 Å². The fourth-order valence-electron chi connectivity index (χ4n) is 6.06. The van der Waals surface area contributed by atoms with E-state index in [1.807, 2.05) is 48.5 Å². The summed E-state index contributed by atoms with van der Waals surface area (Å²) in [6.07, 6.45) is 6.38. The molecule has 0 radical (unpaired) electrons. The highest BCUT2D eigenvalue weighted by Crippen LogP contribution is 2.39. The molecule has 1 aliphatic heterocycles. The molecule has 3 aromatic carbocycles. The topological polar surface area (TPSA) is 129 Å². The van der Waals surface area contributed by atoms with Crippen LogP contribution in [0.3, 0.4) is 0 Å². The van der Waals surface area contributed by atoms with Gasteiger partial charge in [0.2, 0.25) is 11.8 Å². The smallest absolute Gasteiger partial charge is 0.466 e. The van der Waals surface area contributed by atoms with Crippen LogP contribution in [0.1, 0.15) is 72.3 Å². The SMILES string of the molecule is Cc1c(CC2CC2)cccc1NC(=O)[C@H](c1ccc(CN2N=C(c3ccccc3)OCC2=O)cc1)C1CCCC1.O=C(O)O. The maximum atomic E-state index is 13.8. The molecule has 0 unspecified atom stereocenters. The summed E-state index contributed by atoms with van der Waals surface area (Å²) in [4.78, 5) is 34.9. The number of hydrazone groups is 1. The molecule has 1 heterocycles. The Bertz CT molecular complexity index is 1490. The van der Waals surface area contributed by atoms with Crippen molar-refractivity contribution in [1.82, 2.24) is 5.01 Å². The van der Waals surface area contributed by atoms with E-state index >= 15 is 0 Å². The molecule has 6 rings (SSSR count). The molecule has 9 nitrogen and oxygen atoms in total. The molecule has 230 valence electrons. The number of carboxylic acid groups (broad SMARTS) is 2. The lowest BCUT2D eigenvalue weighted by Gasteiger charge is -2.25. The van der Waals surface area contributed by atoms with Gasteiger partial charge in [0.1, 0.15) is 0 Å². The number of benzene rings is 3. The van der Waals surface area contributed by atoms with E-state index in [4.69, 9.17) is 19.7 Å². The van der Waals surface area contributed by atoms with Gasteiger partial charge in [-0.3, -0.25) is 9.59 Å². The second-order valence-corrected chi connectivity index (χ2v) is 11.8. The maximum absolute atomic E-state index is 13.8. The molecule has 44 heavy (non-hydrogen) atoms. The number of carbonyl (C=O) groups is 3. The fraction of sp³-hybridized carbons (Fsp3) is 0.371. The second kappa shape index (κ2) is 14.2. The van der Waals surface area contributed by atoms with E-state index in [1.165, 1.54) is 41.8 Å². The lowest BCUT2D eigenvalue weighted by molar-refractivity contribution is -0.136. The fourth-order valence-corrected chi connectivity index (χ4v) is 6.06. The predicted molar refractivity (Wildman–Crippen MR) is 168 cm³/mol. The van der Waals surface area contributed by atoms with Crippen LogP contribution in [0, 0.1) is 18.8 Å². The zero-order valence-electron chi connectivity index (χ0n) is 24.9. The van der Waals surface area contributed by atoms with Crippen molar-refractivity contribution in [2.24, 2.45) is 16.9 Å². The number of nitrogens with one attached hydrogen (secondary N) is 1. The highest BCUT2D eigenvalue weighted by atomic mass is 16.6. The average molecular weight is 598 g/mol. The Morgan fingerprint density at radius 3 is 2.30 bits per heavy atom. The van der Waals surface area contributed by atoms with Gasteiger partial charge in [-0.1, -0.05) is 67.4 Å². The first-order valence-electron chi connectivity index (χ1n) is 15.3. The average Bonchev–Trinajstić information content (AvgIpc) is 3.67. The van der Waals surface area contributed by atoms with Crippen LogP contribution in [-0.2, 0) is 27.3 Å². The van der Waals surface area contributed by atoms with Crippen molar-refractivity contribution in [1.29, 1.82) is 0 Å². The van der Waals surface area contributed by atoms with E-state index in [1.54, 1.807) is 0 Å². The first-order valence-corrected chi connectivity index (χ1v) is 15.3. The number of rotatable bonds is 9. The number of anilines is 1. The van der Waals surface area contributed by atoms with Crippen molar-refractivity contribution in [2.75, 3.05) is 11.9 Å². The van der Waals surface area contributed by atoms with E-state index in [0.717, 1.165) is 47.6 Å². The van der Waals surface area contributed by atoms with E-state index in [2.05, 4.69) is 41.6 Å². The van der Waals surface area contributed by atoms with Crippen LogP contribution in [0.2, 0.25) is 0 Å². The molecule has 9 heteroatoms. The largest absolute Gasteiger partial charge is 0.503 e. The monoisotopic (exact) mass is 597 g/mol. The summed E-state index contributed by atoms with van der Waals surface area (Å²) in [5, 5.41) is 23.2. The van der Waals surface area contributed by atoms with Crippen molar-refractivity contribution < 1.29 is 29.3 Å². The molecule has 0 aromatic heterocycles. The first kappa shape index (κ1) is 30.8. The van der Waals surface area contributed by atoms with Crippen molar-refractivity contribution in [3.63, 3.8) is 0 Å². The van der Waals surface area contributed by atoms with Crippen molar-refractivity contribution in [3.8, 4) is 0 Å². The normalized spacial score (nSPS) is 17.2. The molecule has 0 bridgehead atoms. The summed E-state index contributed by atoms with van der Waals surface area (Å²) < 4.78 is 5.58. The third kappa shape index (κ3) is 8.03. The minimum atomic E-state index is -1.83. The Kier molecular flexibility index (Phi) is 9.94. The number of amides is 2. The quantitative estimate of drug-likeness (QED) is 0.249. The zero-order valence-corrected chi connectivity index (χ0v) is 24.9. The molecule has 2 aliphatic carbocycles. The minimum Gasteiger partial charge on any atom is -0.466 e. The minimum absolute atomic E-state index is 0.0307. The van der Waals surface area contributed by atoms with E-state index in [9.17, 15) is 9.59 Å². The Balaban J connectivity index is 0.000000906. The Labute approximate surface area is 257 Å². The van der Waals surface area contributed by atoms with E-state index in [-0.39, 0.29) is 24.3 Å². The molecule has 2 amide bonds. The predicted octanol–water partition coefficient (Wildman–Crippen LogP) is 6.80. The van der Waals surface area contributed by atoms with Gasteiger partial charge in [-0.05, 0) is 91.3 Å². The number of hydrogen-bond donors (Lipinski definition) is 3. The van der Waals surface area contributed by atoms with Gasteiger partial charge in [-0.25, -0.2) is 9.80 Å². The Morgan fingerprint density at radius 2 is 1.64 bits per heavy atom. The third-order valence-corrected chi connectivity index (χ3v) is 8.59. The van der Waals surface area contributed by atoms with Gasteiger partial charge in [0.05, 0.1) is 12.5 Å². The maximum Gasteiger partial charge on any atom is 0.503 e. The lowest BCUT2D eigenvalue weighted by atomic mass is 9.83. The number of carbonyl (C=O) groups excluding carboxylic acids is 2. The second-order valence-electron chi connectivity index (χ2n) is 11.8. The van der Waals surface area contributed by atoms with Crippen LogP contribution >= 0.6 is 0 Å². The summed E-state index contributed by atoms with van der Waals surface area (Å²) in [5.74, 6) is 1.29. The molecule has 1 atom stereocenters. The van der Waals surface area contributed by atoms with Gasteiger partial charge < -0.3 is 20.3 Å². The highest BCUT2D eigenvalue weighted by molar-refractivity contribution is 5.98. The van der Waals surface area contributed by atoms with E-state index in [0.29, 0.717) is 18.4 Å². The number of ether oxygens (including phenoxy) is 1. The molecule has 2 fully saturated rings. The molecular weight excluding hydrogens is 558 g/mol. The van der Waals surface area contributed by atoms with Gasteiger partial charge in [0.25, 0.3) is 5.91 Å². The standard InChI is InChI=1S/C34H37N3O3.CH2O3/c1-23-29(20-24-14-15-24)12-7-13-30(23)35-33(39)32(26-8-5-6-9-26)27-18-16-25(17-19-27)21-37-31(38)22-40-34(36-37)28-10-3-2-4-11-28;2-1(3)4/h2-4,7,10-13,16-19,24,26,32H,5-6,8-9,14-15,20-22H2,1H3,(H,35,39);(H2,2,3,4)/t32-;/m0./s1. The van der Waals surface area contributed by atoms with Gasteiger partial charge in [-0.15, -0.1) is 5.10 Å². The summed E-state index contributed by atoms with van der Waals surface area (Å²) >= 11 is 0. The summed E-state index contributed by atoms with van der Waals surface area (Å²) in [5.41, 5.74) is 6.30. The zero-order chi connectivity index (χ0) is 31.1. The van der Waals surface area contributed by atoms with Crippen LogP contribution in [0.15, 0.2) is 77.9 Å². The molecular formula is C35H39N3O6. The molecule has 0 saturated heterocycles. The molecule has 0 spiro atoms. The van der Waals surface area contributed by atoms with Crippen LogP contribution in [0.5, 0.6) is 0 Å². The number of hydrogen-bond acceptors (Lipinski definition) is 5. The summed E-state index contributed by atoms with van der Waals surface area (Å²) in [6, 6.07) is 24.1. The van der Waals surface area contributed by atoms with Crippen LogP contribution in [0.25, 0.3) is 0 Å². The van der Waals surface area contributed by atoms with Crippen LogP contribution in [0.4, 0.5) is 10.5 Å². The van der Waals surface area contributed by atoms with Crippen molar-refractivity contribution >= 4 is 29.6 Å². The van der Waals surface area contributed by atoms with Gasteiger partial charge >= 0.3 is 6.16 Å². The molecule has 3 N–H and O–H groups in total. The third-order valence-electron chi connectivity index (χ3n) is 8.59. The van der Waals surface area contributed by atoms with E-state index < -0.39 is 6.16 Å². The van der Waals surface area contributed by atoms with Gasteiger partial charge in [0.15, 0.2) is 6.61 Å².